The number of halogens is 2. The predicted octanol–water partition coefficient (Wildman–Crippen LogP) is 2.58. The second kappa shape index (κ2) is 6.93. The largest absolute Gasteiger partial charge is 0.342 e. The van der Waals surface area contributed by atoms with Gasteiger partial charge in [0.25, 0.3) is 5.91 Å². The molecule has 2 aromatic rings. The van der Waals surface area contributed by atoms with Gasteiger partial charge in [0.1, 0.15) is 0 Å². The van der Waals surface area contributed by atoms with Crippen LogP contribution in [0.2, 0.25) is 10.0 Å². The van der Waals surface area contributed by atoms with E-state index in [0.717, 1.165) is 42.6 Å². The van der Waals surface area contributed by atoms with Gasteiger partial charge in [0, 0.05) is 37.4 Å². The van der Waals surface area contributed by atoms with Gasteiger partial charge in [-0.15, -0.1) is 0 Å². The second-order valence-corrected chi connectivity index (χ2v) is 7.39. The Labute approximate surface area is 161 Å². The Balaban J connectivity index is 1.67. The van der Waals surface area contributed by atoms with E-state index in [0.29, 0.717) is 41.9 Å². The monoisotopic (exact) mass is 392 g/mol. The topological polar surface area (TPSA) is 58.4 Å². The first-order valence-corrected chi connectivity index (χ1v) is 9.39. The van der Waals surface area contributed by atoms with Crippen molar-refractivity contribution in [3.63, 3.8) is 0 Å². The van der Waals surface area contributed by atoms with Gasteiger partial charge >= 0.3 is 0 Å². The van der Waals surface area contributed by atoms with Gasteiger partial charge in [-0.25, -0.2) is 4.68 Å². The normalized spacial score (nSPS) is 16.7. The zero-order valence-electron chi connectivity index (χ0n) is 14.1. The molecule has 2 heterocycles. The third-order valence-electron chi connectivity index (χ3n) is 5.03. The highest BCUT2D eigenvalue weighted by Crippen LogP contribution is 2.31. The average molecular weight is 393 g/mol. The highest BCUT2D eigenvalue weighted by atomic mass is 35.5. The molecule has 6 nitrogen and oxygen atoms in total. The maximum atomic E-state index is 13.0. The number of carbonyl (C=O) groups excluding carboxylic acids is 2. The first-order valence-electron chi connectivity index (χ1n) is 8.63. The molecule has 0 saturated carbocycles. The van der Waals surface area contributed by atoms with Crippen LogP contribution < -0.4 is 0 Å². The van der Waals surface area contributed by atoms with E-state index in [4.69, 9.17) is 23.2 Å². The molecular formula is C18H18Cl2N4O2. The van der Waals surface area contributed by atoms with Crippen molar-refractivity contribution in [1.29, 1.82) is 0 Å². The zero-order valence-corrected chi connectivity index (χ0v) is 15.6. The second-order valence-electron chi connectivity index (χ2n) is 6.57. The van der Waals surface area contributed by atoms with E-state index >= 15 is 0 Å². The summed E-state index contributed by atoms with van der Waals surface area (Å²) in [5, 5.41) is 5.58. The molecule has 1 aromatic carbocycles. The van der Waals surface area contributed by atoms with Crippen LogP contribution in [0.1, 0.15) is 28.2 Å². The highest BCUT2D eigenvalue weighted by molar-refractivity contribution is 6.42. The summed E-state index contributed by atoms with van der Waals surface area (Å²) >= 11 is 12.2. The minimum atomic E-state index is -0.0625. The van der Waals surface area contributed by atoms with Crippen molar-refractivity contribution in [3.05, 3.63) is 45.2 Å². The van der Waals surface area contributed by atoms with Gasteiger partial charge in [0.05, 0.1) is 15.7 Å². The summed E-state index contributed by atoms with van der Waals surface area (Å²) < 4.78 is 1.82. The van der Waals surface area contributed by atoms with Gasteiger partial charge < -0.3 is 9.80 Å². The van der Waals surface area contributed by atoms with Crippen LogP contribution in [0.15, 0.2) is 18.2 Å². The van der Waals surface area contributed by atoms with Crippen molar-refractivity contribution in [1.82, 2.24) is 19.6 Å². The Bertz CT molecular complexity index is 872. The number of amides is 2. The Hall–Kier alpha value is -2.05. The number of hydrogen-bond acceptors (Lipinski definition) is 3. The number of nitrogens with zero attached hydrogens (tertiary/aromatic N) is 4. The van der Waals surface area contributed by atoms with Gasteiger partial charge in [-0.05, 0) is 37.5 Å². The lowest BCUT2D eigenvalue weighted by atomic mass is 10.1. The van der Waals surface area contributed by atoms with Crippen LogP contribution in [0, 0.1) is 0 Å². The number of aromatic nitrogens is 2. The molecule has 0 N–H and O–H groups in total. The predicted molar refractivity (Wildman–Crippen MR) is 99.1 cm³/mol. The van der Waals surface area contributed by atoms with Crippen molar-refractivity contribution in [2.75, 3.05) is 26.2 Å². The molecule has 2 aliphatic rings. The summed E-state index contributed by atoms with van der Waals surface area (Å²) in [4.78, 5) is 27.3. The molecule has 1 aliphatic heterocycles. The van der Waals surface area contributed by atoms with Gasteiger partial charge in [0.2, 0.25) is 6.41 Å². The van der Waals surface area contributed by atoms with E-state index in [-0.39, 0.29) is 5.91 Å². The minimum Gasteiger partial charge on any atom is -0.342 e. The molecular weight excluding hydrogens is 375 g/mol. The van der Waals surface area contributed by atoms with E-state index in [2.05, 4.69) is 5.10 Å². The molecule has 2 amide bonds. The van der Waals surface area contributed by atoms with Crippen molar-refractivity contribution >= 4 is 35.5 Å². The lowest BCUT2D eigenvalue weighted by molar-refractivity contribution is -0.119. The summed E-state index contributed by atoms with van der Waals surface area (Å²) in [6, 6.07) is 5.37. The SMILES string of the molecule is O=CN1CCN(C(=O)c2nn(-c3ccc(Cl)c(Cl)c3)c3c2CCC3)CC1. The first-order chi connectivity index (χ1) is 12.6. The van der Waals surface area contributed by atoms with Gasteiger partial charge in [-0.3, -0.25) is 9.59 Å². The Morgan fingerprint density at radius 3 is 2.54 bits per heavy atom. The van der Waals surface area contributed by atoms with Crippen molar-refractivity contribution in [2.24, 2.45) is 0 Å². The number of hydrogen-bond donors (Lipinski definition) is 0. The van der Waals surface area contributed by atoms with E-state index in [1.165, 1.54) is 0 Å². The molecule has 0 bridgehead atoms. The third kappa shape index (κ3) is 2.97. The minimum absolute atomic E-state index is 0.0625. The van der Waals surface area contributed by atoms with E-state index < -0.39 is 0 Å². The molecule has 26 heavy (non-hydrogen) atoms. The van der Waals surface area contributed by atoms with E-state index in [1.54, 1.807) is 21.9 Å². The van der Waals surface area contributed by atoms with Crippen LogP contribution in [-0.4, -0.2) is 58.1 Å². The molecule has 136 valence electrons. The molecule has 4 rings (SSSR count). The molecule has 1 saturated heterocycles. The summed E-state index contributed by atoms with van der Waals surface area (Å²) in [7, 11) is 0. The molecule has 0 atom stereocenters. The average Bonchev–Trinajstić information content (AvgIpc) is 3.26. The van der Waals surface area contributed by atoms with Gasteiger partial charge in [-0.2, -0.15) is 5.10 Å². The maximum Gasteiger partial charge on any atom is 0.274 e. The number of fused-ring (bicyclic) bond motifs is 1. The molecule has 1 fully saturated rings. The van der Waals surface area contributed by atoms with Crippen molar-refractivity contribution in [2.45, 2.75) is 19.3 Å². The summed E-state index contributed by atoms with van der Waals surface area (Å²) in [6.07, 6.45) is 3.58. The standard InChI is InChI=1S/C18H18Cl2N4O2/c19-14-5-4-12(10-15(14)20)24-16-3-1-2-13(16)17(21-24)18(26)23-8-6-22(11-25)7-9-23/h4-5,10-11H,1-3,6-9H2. The molecule has 1 aromatic heterocycles. The zero-order chi connectivity index (χ0) is 18.3. The Kier molecular flexibility index (Phi) is 4.63. The Morgan fingerprint density at radius 1 is 1.08 bits per heavy atom. The van der Waals surface area contributed by atoms with Crippen LogP contribution in [-0.2, 0) is 17.6 Å². The van der Waals surface area contributed by atoms with Crippen molar-refractivity contribution < 1.29 is 9.59 Å². The smallest absolute Gasteiger partial charge is 0.274 e. The van der Waals surface area contributed by atoms with E-state index in [1.807, 2.05) is 10.7 Å². The number of carbonyl (C=O) groups is 2. The highest BCUT2D eigenvalue weighted by Gasteiger charge is 2.31. The quantitative estimate of drug-likeness (QED) is 0.754. The number of piperazine rings is 1. The summed E-state index contributed by atoms with van der Waals surface area (Å²) in [6.45, 7) is 2.19. The van der Waals surface area contributed by atoms with Gasteiger partial charge in [-0.1, -0.05) is 23.2 Å². The summed E-state index contributed by atoms with van der Waals surface area (Å²) in [5.74, 6) is -0.0625. The number of benzene rings is 1. The number of rotatable bonds is 3. The molecule has 8 heteroatoms. The fourth-order valence-corrected chi connectivity index (χ4v) is 3.91. The van der Waals surface area contributed by atoms with Crippen LogP contribution >= 0.6 is 23.2 Å². The first kappa shape index (κ1) is 17.4. The Morgan fingerprint density at radius 2 is 1.85 bits per heavy atom. The molecule has 0 unspecified atom stereocenters. The lowest BCUT2D eigenvalue weighted by Gasteiger charge is -2.32. The molecule has 0 radical (unpaired) electrons. The summed E-state index contributed by atoms with van der Waals surface area (Å²) in [5.41, 5.74) is 3.42. The van der Waals surface area contributed by atoms with Crippen LogP contribution in [0.3, 0.4) is 0 Å². The van der Waals surface area contributed by atoms with Crippen LogP contribution in [0.4, 0.5) is 0 Å². The molecule has 1 aliphatic carbocycles. The lowest BCUT2D eigenvalue weighted by Crippen LogP contribution is -2.48. The van der Waals surface area contributed by atoms with Crippen LogP contribution in [0.5, 0.6) is 0 Å². The fourth-order valence-electron chi connectivity index (χ4n) is 3.62. The maximum absolute atomic E-state index is 13.0. The molecule has 0 spiro atoms. The third-order valence-corrected chi connectivity index (χ3v) is 5.77. The fraction of sp³-hybridized carbons (Fsp3) is 0.389. The van der Waals surface area contributed by atoms with Crippen molar-refractivity contribution in [3.8, 4) is 5.69 Å². The van der Waals surface area contributed by atoms with E-state index in [9.17, 15) is 9.59 Å². The van der Waals surface area contributed by atoms with Crippen LogP contribution in [0.25, 0.3) is 5.69 Å². The van der Waals surface area contributed by atoms with Gasteiger partial charge in [0.15, 0.2) is 5.69 Å².